The zero-order chi connectivity index (χ0) is 25.0. The van der Waals surface area contributed by atoms with Crippen LogP contribution in [0.5, 0.6) is 0 Å². The summed E-state index contributed by atoms with van der Waals surface area (Å²) in [7, 11) is 0. The lowest BCUT2D eigenvalue weighted by Gasteiger charge is -2.26. The number of carbonyl (C=O) groups excluding carboxylic acids is 1. The number of aliphatic carboxylic acids is 1. The molecule has 1 heterocycles. The van der Waals surface area contributed by atoms with E-state index in [0.29, 0.717) is 5.56 Å². The van der Waals surface area contributed by atoms with Crippen molar-refractivity contribution in [3.8, 4) is 0 Å². The van der Waals surface area contributed by atoms with Crippen molar-refractivity contribution in [1.29, 1.82) is 0 Å². The summed E-state index contributed by atoms with van der Waals surface area (Å²) in [6, 6.07) is 7.77. The lowest BCUT2D eigenvalue weighted by atomic mass is 9.99. The van der Waals surface area contributed by atoms with Crippen LogP contribution in [-0.2, 0) is 16.0 Å². The van der Waals surface area contributed by atoms with Gasteiger partial charge in [-0.25, -0.2) is 18.7 Å². The average molecular weight is 510 g/mol. The summed E-state index contributed by atoms with van der Waals surface area (Å²) in [5.74, 6) is -4.75. The Morgan fingerprint density at radius 3 is 2.41 bits per heavy atom. The van der Waals surface area contributed by atoms with E-state index in [2.05, 4.69) is 10.4 Å². The van der Waals surface area contributed by atoms with Crippen LogP contribution in [-0.4, -0.2) is 55.1 Å². The number of hydrogen-bond donors (Lipinski definition) is 4. The average Bonchev–Trinajstić information content (AvgIpc) is 3.26. The first kappa shape index (κ1) is 25.2. The third-order valence-corrected chi connectivity index (χ3v) is 5.71. The second-order valence-electron chi connectivity index (χ2n) is 7.23. The van der Waals surface area contributed by atoms with Crippen molar-refractivity contribution >= 4 is 41.0 Å². The van der Waals surface area contributed by atoms with Gasteiger partial charge in [0.2, 0.25) is 5.91 Å². The van der Waals surface area contributed by atoms with Gasteiger partial charge < -0.3 is 20.6 Å². The van der Waals surface area contributed by atoms with Crippen LogP contribution in [0.3, 0.4) is 0 Å². The molecule has 0 bridgehead atoms. The molecule has 0 saturated heterocycles. The molecule has 0 saturated carbocycles. The fourth-order valence-electron chi connectivity index (χ4n) is 3.37. The van der Waals surface area contributed by atoms with Gasteiger partial charge in [-0.2, -0.15) is 5.10 Å². The van der Waals surface area contributed by atoms with Gasteiger partial charge in [0.15, 0.2) is 12.1 Å². The zero-order valence-corrected chi connectivity index (χ0v) is 18.7. The summed E-state index contributed by atoms with van der Waals surface area (Å²) in [6.07, 6.45) is -1.09. The molecule has 0 aliphatic carbocycles. The number of nitrogens with one attached hydrogen (secondary N) is 1. The van der Waals surface area contributed by atoms with Gasteiger partial charge in [0.1, 0.15) is 11.5 Å². The van der Waals surface area contributed by atoms with Crippen molar-refractivity contribution < 1.29 is 34.1 Å². The Kier molecular flexibility index (Phi) is 7.87. The molecule has 3 rings (SSSR count). The molecule has 178 valence electrons. The zero-order valence-electron chi connectivity index (χ0n) is 17.2. The molecule has 1 amide bonds. The highest BCUT2D eigenvalue weighted by Crippen LogP contribution is 2.29. The minimum Gasteiger partial charge on any atom is -0.479 e. The van der Waals surface area contributed by atoms with E-state index in [9.17, 15) is 34.1 Å². The van der Waals surface area contributed by atoms with E-state index in [-0.39, 0.29) is 22.0 Å². The molecule has 3 atom stereocenters. The Hall–Kier alpha value is -3.47. The third kappa shape index (κ3) is 5.53. The van der Waals surface area contributed by atoms with Crippen LogP contribution in [0.1, 0.15) is 27.7 Å². The fraction of sp³-hybridized carbons (Fsp3) is 0.182. The van der Waals surface area contributed by atoms with Gasteiger partial charge in [-0.15, -0.1) is 0 Å². The molecular formula is C22H18Cl2FN3O6. The Bertz CT molecular complexity index is 1230. The molecule has 2 aromatic carbocycles. The Balaban J connectivity index is 2.05. The monoisotopic (exact) mass is 509 g/mol. The molecule has 1 aromatic heterocycles. The number of carbonyl (C=O) groups is 3. The number of carboxylic acid groups (broad SMARTS) is 2. The lowest BCUT2D eigenvalue weighted by Crippen LogP contribution is -2.50. The fourth-order valence-corrected chi connectivity index (χ4v) is 3.81. The first-order valence-corrected chi connectivity index (χ1v) is 10.5. The summed E-state index contributed by atoms with van der Waals surface area (Å²) >= 11 is 12.3. The number of aromatic nitrogens is 2. The summed E-state index contributed by atoms with van der Waals surface area (Å²) in [4.78, 5) is 36.6. The van der Waals surface area contributed by atoms with E-state index in [1.807, 2.05) is 0 Å². The number of carboxylic acids is 2. The molecule has 3 aromatic rings. The number of aromatic carboxylic acids is 1. The summed E-state index contributed by atoms with van der Waals surface area (Å²) in [6.45, 7) is 0. The van der Waals surface area contributed by atoms with E-state index in [1.165, 1.54) is 6.07 Å². The molecule has 0 spiro atoms. The van der Waals surface area contributed by atoms with Crippen molar-refractivity contribution in [3.05, 3.63) is 87.4 Å². The summed E-state index contributed by atoms with van der Waals surface area (Å²) < 4.78 is 14.8. The highest BCUT2D eigenvalue weighted by Gasteiger charge is 2.34. The van der Waals surface area contributed by atoms with Crippen LogP contribution >= 0.6 is 23.2 Å². The van der Waals surface area contributed by atoms with Gasteiger partial charge in [-0.3, -0.25) is 4.79 Å². The molecule has 4 N–H and O–H groups in total. The van der Waals surface area contributed by atoms with Crippen LogP contribution in [0.4, 0.5) is 4.39 Å². The number of benzene rings is 2. The highest BCUT2D eigenvalue weighted by atomic mass is 35.5. The minimum atomic E-state index is -2.04. The van der Waals surface area contributed by atoms with E-state index < -0.39 is 47.5 Å². The summed E-state index contributed by atoms with van der Waals surface area (Å²) in [5, 5.41) is 35.6. The lowest BCUT2D eigenvalue weighted by molar-refractivity contribution is -0.148. The molecule has 34 heavy (non-hydrogen) atoms. The molecular weight excluding hydrogens is 492 g/mol. The molecule has 0 fully saturated rings. The van der Waals surface area contributed by atoms with Gasteiger partial charge >= 0.3 is 11.9 Å². The van der Waals surface area contributed by atoms with Crippen LogP contribution in [0.15, 0.2) is 54.7 Å². The SMILES string of the molecule is O=C(O)c1ccnn1C(C(=O)N[C@H](Cc1ccccc1Cl)[C@@H](O)C(=O)O)c1cc(F)ccc1Cl. The maximum absolute atomic E-state index is 14.0. The predicted molar refractivity (Wildman–Crippen MR) is 119 cm³/mol. The molecule has 12 heteroatoms. The Morgan fingerprint density at radius 2 is 1.76 bits per heavy atom. The van der Waals surface area contributed by atoms with Gasteiger partial charge in [-0.1, -0.05) is 41.4 Å². The largest absolute Gasteiger partial charge is 0.479 e. The number of aliphatic hydroxyl groups is 1. The number of nitrogens with zero attached hydrogens (tertiary/aromatic N) is 2. The van der Waals surface area contributed by atoms with Gasteiger partial charge in [0.25, 0.3) is 0 Å². The van der Waals surface area contributed by atoms with Gasteiger partial charge in [-0.05, 0) is 42.3 Å². The third-order valence-electron chi connectivity index (χ3n) is 4.99. The van der Waals surface area contributed by atoms with Crippen LogP contribution < -0.4 is 5.32 Å². The van der Waals surface area contributed by atoms with Crippen LogP contribution in [0, 0.1) is 5.82 Å². The van der Waals surface area contributed by atoms with E-state index >= 15 is 0 Å². The van der Waals surface area contributed by atoms with Gasteiger partial charge in [0, 0.05) is 21.8 Å². The molecule has 0 radical (unpaired) electrons. The summed E-state index contributed by atoms with van der Waals surface area (Å²) in [5.41, 5.74) is -0.0750. The topological polar surface area (TPSA) is 142 Å². The Labute approximate surface area is 202 Å². The molecule has 9 nitrogen and oxygen atoms in total. The van der Waals surface area contributed by atoms with Crippen molar-refractivity contribution in [2.24, 2.45) is 0 Å². The quantitative estimate of drug-likeness (QED) is 0.347. The first-order chi connectivity index (χ1) is 16.1. The normalized spacial score (nSPS) is 13.6. The molecule has 0 aliphatic rings. The second-order valence-corrected chi connectivity index (χ2v) is 8.04. The highest BCUT2D eigenvalue weighted by molar-refractivity contribution is 6.31. The maximum atomic E-state index is 14.0. The van der Waals surface area contributed by atoms with E-state index in [0.717, 1.165) is 29.1 Å². The van der Waals surface area contributed by atoms with E-state index in [4.69, 9.17) is 23.2 Å². The number of rotatable bonds is 9. The first-order valence-electron chi connectivity index (χ1n) is 9.76. The van der Waals surface area contributed by atoms with Crippen LogP contribution in [0.2, 0.25) is 10.0 Å². The van der Waals surface area contributed by atoms with Crippen molar-refractivity contribution in [3.63, 3.8) is 0 Å². The number of halogens is 3. The maximum Gasteiger partial charge on any atom is 0.354 e. The van der Waals surface area contributed by atoms with Gasteiger partial charge in [0.05, 0.1) is 6.04 Å². The van der Waals surface area contributed by atoms with E-state index in [1.54, 1.807) is 24.3 Å². The van der Waals surface area contributed by atoms with Crippen molar-refractivity contribution in [2.45, 2.75) is 24.6 Å². The molecule has 0 aliphatic heterocycles. The number of hydrogen-bond acceptors (Lipinski definition) is 5. The standard InChI is InChI=1S/C22H18Cl2FN3O6/c23-14-4-2-1-3-11(14)9-16(19(29)22(33)34)27-20(30)18(13-10-12(25)5-6-15(13)24)28-17(21(31)32)7-8-26-28/h1-8,10,16,18-19,29H,9H2,(H,27,30)(H,31,32)(H,33,34)/t16-,18?,19-/m1/s1. The van der Waals surface area contributed by atoms with Crippen molar-refractivity contribution in [2.75, 3.05) is 0 Å². The second kappa shape index (κ2) is 10.6. The Morgan fingerprint density at radius 1 is 1.06 bits per heavy atom. The van der Waals surface area contributed by atoms with Crippen molar-refractivity contribution in [1.82, 2.24) is 15.1 Å². The number of amides is 1. The predicted octanol–water partition coefficient (Wildman–Crippen LogP) is 2.79. The minimum absolute atomic E-state index is 0.0603. The number of aliphatic hydroxyl groups excluding tert-OH is 1. The molecule has 1 unspecified atom stereocenters. The van der Waals surface area contributed by atoms with Crippen LogP contribution in [0.25, 0.3) is 0 Å². The smallest absolute Gasteiger partial charge is 0.354 e.